The van der Waals surface area contributed by atoms with Gasteiger partial charge in [0.15, 0.2) is 11.2 Å². The Morgan fingerprint density at radius 2 is 1.93 bits per heavy atom. The molecule has 0 aliphatic carbocycles. The summed E-state index contributed by atoms with van der Waals surface area (Å²) in [6, 6.07) is 16.1. The summed E-state index contributed by atoms with van der Waals surface area (Å²) in [6.45, 7) is 2.54. The molecule has 0 bridgehead atoms. The Bertz CT molecular complexity index is 1230. The maximum absolute atomic E-state index is 12.6. The van der Waals surface area contributed by atoms with Crippen LogP contribution in [0.4, 0.5) is 5.82 Å². The minimum Gasteiger partial charge on any atom is -0.451 e. The molecule has 1 amide bonds. The molecule has 0 saturated heterocycles. The number of nitrogens with zero attached hydrogens (tertiary/aromatic N) is 2. The number of halogens is 1. The lowest BCUT2D eigenvalue weighted by Crippen LogP contribution is -2.18. The number of hydrogen-bond acceptors (Lipinski definition) is 4. The van der Waals surface area contributed by atoms with Crippen molar-refractivity contribution >= 4 is 38.6 Å². The van der Waals surface area contributed by atoms with E-state index >= 15 is 0 Å². The van der Waals surface area contributed by atoms with E-state index in [1.807, 2.05) is 31.2 Å². The average molecular weight is 438 g/mol. The predicted octanol–water partition coefficient (Wildman–Crippen LogP) is 4.36. The Hall–Kier alpha value is -3.19. The van der Waals surface area contributed by atoms with Crippen LogP contribution in [0.1, 0.15) is 21.7 Å². The molecule has 0 radical (unpaired) electrons. The lowest BCUT2D eigenvalue weighted by Gasteiger charge is -2.09. The zero-order valence-corrected chi connectivity index (χ0v) is 16.6. The van der Waals surface area contributed by atoms with Gasteiger partial charge in [-0.1, -0.05) is 45.8 Å². The fourth-order valence-electron chi connectivity index (χ4n) is 2.85. The Morgan fingerprint density at radius 3 is 2.71 bits per heavy atom. The van der Waals surface area contributed by atoms with Crippen molar-refractivity contribution in [3.05, 3.63) is 92.4 Å². The van der Waals surface area contributed by atoms with Crippen LogP contribution < -0.4 is 10.7 Å². The first-order chi connectivity index (χ1) is 13.5. The first kappa shape index (κ1) is 18.2. The minimum absolute atomic E-state index is 0.0568. The third kappa shape index (κ3) is 3.75. The maximum atomic E-state index is 12.6. The number of nitrogens with one attached hydrogen (secondary N) is 1. The van der Waals surface area contributed by atoms with Gasteiger partial charge in [0.2, 0.25) is 0 Å². The molecule has 2 aromatic heterocycles. The highest BCUT2D eigenvalue weighted by Gasteiger charge is 2.15. The molecule has 4 rings (SSSR count). The molecule has 0 aliphatic heterocycles. The average Bonchev–Trinajstić information content (AvgIpc) is 3.09. The first-order valence-corrected chi connectivity index (χ1v) is 9.41. The van der Waals surface area contributed by atoms with Crippen LogP contribution in [0.5, 0.6) is 0 Å². The molecule has 2 aromatic carbocycles. The Labute approximate surface area is 168 Å². The highest BCUT2D eigenvalue weighted by molar-refractivity contribution is 9.10. The normalized spacial score (nSPS) is 10.9. The van der Waals surface area contributed by atoms with E-state index < -0.39 is 5.91 Å². The summed E-state index contributed by atoms with van der Waals surface area (Å²) in [5.74, 6) is -0.0501. The number of hydrogen-bond donors (Lipinski definition) is 1. The number of aryl methyl sites for hydroxylation is 1. The number of amides is 1. The van der Waals surface area contributed by atoms with E-state index in [2.05, 4.69) is 26.3 Å². The third-order valence-electron chi connectivity index (χ3n) is 4.33. The second kappa shape index (κ2) is 7.44. The Morgan fingerprint density at radius 1 is 1.14 bits per heavy atom. The van der Waals surface area contributed by atoms with Crippen molar-refractivity contribution in [2.75, 3.05) is 5.32 Å². The van der Waals surface area contributed by atoms with Crippen molar-refractivity contribution in [3.63, 3.8) is 0 Å². The van der Waals surface area contributed by atoms with Gasteiger partial charge in [-0.05, 0) is 30.7 Å². The standard InChI is InChI=1S/C21H16BrN3O3/c1-13-2-4-14(5-3-13)12-25-20(8-9-23-25)24-21(27)19-11-17(26)16-7-6-15(22)10-18(16)28-19/h2-11H,12H2,1H3,(H,24,27). The van der Waals surface area contributed by atoms with E-state index in [1.165, 1.54) is 11.6 Å². The number of carbonyl (C=O) groups is 1. The van der Waals surface area contributed by atoms with E-state index in [-0.39, 0.29) is 11.2 Å². The number of fused-ring (bicyclic) bond motifs is 1. The fourth-order valence-corrected chi connectivity index (χ4v) is 3.19. The van der Waals surface area contributed by atoms with Gasteiger partial charge in [0.1, 0.15) is 11.4 Å². The molecule has 2 heterocycles. The monoisotopic (exact) mass is 437 g/mol. The van der Waals surface area contributed by atoms with E-state index in [9.17, 15) is 9.59 Å². The number of anilines is 1. The molecule has 0 saturated carbocycles. The van der Waals surface area contributed by atoms with Crippen LogP contribution in [0.3, 0.4) is 0 Å². The van der Waals surface area contributed by atoms with Crippen LogP contribution >= 0.6 is 15.9 Å². The van der Waals surface area contributed by atoms with Crippen molar-refractivity contribution in [1.82, 2.24) is 9.78 Å². The predicted molar refractivity (Wildman–Crippen MR) is 111 cm³/mol. The topological polar surface area (TPSA) is 77.1 Å². The van der Waals surface area contributed by atoms with Gasteiger partial charge < -0.3 is 9.73 Å². The lowest BCUT2D eigenvalue weighted by molar-refractivity contribution is 0.0996. The molecule has 0 unspecified atom stereocenters. The van der Waals surface area contributed by atoms with Crippen molar-refractivity contribution in [1.29, 1.82) is 0 Å². The van der Waals surface area contributed by atoms with Gasteiger partial charge >= 0.3 is 0 Å². The number of aromatic nitrogens is 2. The van der Waals surface area contributed by atoms with E-state index in [0.717, 1.165) is 10.0 Å². The van der Waals surface area contributed by atoms with E-state index in [1.54, 1.807) is 35.1 Å². The largest absolute Gasteiger partial charge is 0.451 e. The molecule has 7 heteroatoms. The summed E-state index contributed by atoms with van der Waals surface area (Å²) in [7, 11) is 0. The molecule has 0 spiro atoms. The molecule has 0 aliphatic rings. The number of carbonyl (C=O) groups excluding carboxylic acids is 1. The minimum atomic E-state index is -0.510. The smallest absolute Gasteiger partial charge is 0.292 e. The maximum Gasteiger partial charge on any atom is 0.292 e. The van der Waals surface area contributed by atoms with Crippen LogP contribution in [0, 0.1) is 6.92 Å². The zero-order valence-electron chi connectivity index (χ0n) is 15.0. The second-order valence-electron chi connectivity index (χ2n) is 6.43. The number of benzene rings is 2. The van der Waals surface area contributed by atoms with Crippen molar-refractivity contribution in [2.45, 2.75) is 13.5 Å². The zero-order chi connectivity index (χ0) is 19.7. The number of rotatable bonds is 4. The molecule has 1 N–H and O–H groups in total. The molecular weight excluding hydrogens is 422 g/mol. The Kier molecular flexibility index (Phi) is 4.83. The quantitative estimate of drug-likeness (QED) is 0.514. The van der Waals surface area contributed by atoms with E-state index in [4.69, 9.17) is 4.42 Å². The van der Waals surface area contributed by atoms with Crippen LogP contribution in [0.25, 0.3) is 11.0 Å². The van der Waals surface area contributed by atoms with E-state index in [0.29, 0.717) is 23.3 Å². The van der Waals surface area contributed by atoms with Gasteiger partial charge in [0.05, 0.1) is 18.1 Å². The third-order valence-corrected chi connectivity index (χ3v) is 4.82. The molecule has 4 aromatic rings. The van der Waals surface area contributed by atoms with Gasteiger partial charge in [-0.3, -0.25) is 9.59 Å². The van der Waals surface area contributed by atoms with Crippen LogP contribution in [0.15, 0.2) is 74.5 Å². The molecule has 140 valence electrons. The molecular formula is C21H16BrN3O3. The SMILES string of the molecule is Cc1ccc(Cn2nccc2NC(=O)c2cc(=O)c3ccc(Br)cc3o2)cc1. The molecule has 0 atom stereocenters. The van der Waals surface area contributed by atoms with Crippen LogP contribution in [-0.2, 0) is 6.54 Å². The van der Waals surface area contributed by atoms with Gasteiger partial charge in [-0.2, -0.15) is 5.10 Å². The Balaban J connectivity index is 1.59. The highest BCUT2D eigenvalue weighted by Crippen LogP contribution is 2.19. The van der Waals surface area contributed by atoms with Gasteiger partial charge in [-0.15, -0.1) is 0 Å². The van der Waals surface area contributed by atoms with Gasteiger partial charge in [-0.25, -0.2) is 4.68 Å². The van der Waals surface area contributed by atoms with Crippen LogP contribution in [-0.4, -0.2) is 15.7 Å². The summed E-state index contributed by atoms with van der Waals surface area (Å²) in [5.41, 5.74) is 2.31. The first-order valence-electron chi connectivity index (χ1n) is 8.62. The lowest BCUT2D eigenvalue weighted by atomic mass is 10.1. The summed E-state index contributed by atoms with van der Waals surface area (Å²) in [4.78, 5) is 24.9. The molecule has 6 nitrogen and oxygen atoms in total. The van der Waals surface area contributed by atoms with Crippen LogP contribution in [0.2, 0.25) is 0 Å². The highest BCUT2D eigenvalue weighted by atomic mass is 79.9. The van der Waals surface area contributed by atoms with Crippen molar-refractivity contribution < 1.29 is 9.21 Å². The molecule has 28 heavy (non-hydrogen) atoms. The summed E-state index contributed by atoms with van der Waals surface area (Å²) < 4.78 is 8.07. The van der Waals surface area contributed by atoms with Crippen molar-refractivity contribution in [2.24, 2.45) is 0 Å². The summed E-state index contributed by atoms with van der Waals surface area (Å²) in [6.07, 6.45) is 1.61. The summed E-state index contributed by atoms with van der Waals surface area (Å²) >= 11 is 3.34. The second-order valence-corrected chi connectivity index (χ2v) is 7.34. The fraction of sp³-hybridized carbons (Fsp3) is 0.0952. The van der Waals surface area contributed by atoms with Gasteiger partial charge in [0.25, 0.3) is 5.91 Å². The molecule has 0 fully saturated rings. The van der Waals surface area contributed by atoms with Crippen molar-refractivity contribution in [3.8, 4) is 0 Å². The van der Waals surface area contributed by atoms with Gasteiger partial charge in [0, 0.05) is 16.6 Å². The summed E-state index contributed by atoms with van der Waals surface area (Å²) in [5, 5.41) is 7.45.